The summed E-state index contributed by atoms with van der Waals surface area (Å²) in [4.78, 5) is 34.0. The molecule has 1 N–H and O–H groups in total. The van der Waals surface area contributed by atoms with E-state index >= 15 is 0 Å². The Morgan fingerprint density at radius 1 is 1.26 bits per heavy atom. The largest absolute Gasteiger partial charge is 0.496 e. The predicted octanol–water partition coefficient (Wildman–Crippen LogP) is 3.45. The van der Waals surface area contributed by atoms with Crippen molar-refractivity contribution < 1.29 is 24.0 Å². The number of carbonyl (C=O) groups excluding carboxylic acids is 2. The highest BCUT2D eigenvalue weighted by atomic mass is 35.5. The van der Waals surface area contributed by atoms with Gasteiger partial charge in [0.25, 0.3) is 11.6 Å². The minimum atomic E-state index is -0.755. The molecule has 8 nitrogen and oxygen atoms in total. The minimum Gasteiger partial charge on any atom is -0.496 e. The lowest BCUT2D eigenvalue weighted by molar-refractivity contribution is -0.384. The summed E-state index contributed by atoms with van der Waals surface area (Å²) >= 11 is 5.96. The Morgan fingerprint density at radius 3 is 2.67 bits per heavy atom. The van der Waals surface area contributed by atoms with Crippen LogP contribution in [0.25, 0.3) is 6.08 Å². The molecule has 2 rings (SSSR count). The van der Waals surface area contributed by atoms with Crippen molar-refractivity contribution in [3.05, 3.63) is 69.2 Å². The number of rotatable bonds is 7. The van der Waals surface area contributed by atoms with Crippen LogP contribution in [0, 0.1) is 10.1 Å². The smallest absolute Gasteiger partial charge is 0.331 e. The maximum Gasteiger partial charge on any atom is 0.331 e. The molecule has 140 valence electrons. The number of esters is 1. The first kappa shape index (κ1) is 19.9. The summed E-state index contributed by atoms with van der Waals surface area (Å²) in [5, 5.41) is 13.9. The molecule has 0 fully saturated rings. The molecular weight excluding hydrogens is 376 g/mol. The van der Waals surface area contributed by atoms with E-state index in [1.807, 2.05) is 0 Å². The number of hydrogen-bond donors (Lipinski definition) is 1. The Hall–Kier alpha value is -3.39. The summed E-state index contributed by atoms with van der Waals surface area (Å²) < 4.78 is 9.72. The van der Waals surface area contributed by atoms with Crippen molar-refractivity contribution in [2.24, 2.45) is 0 Å². The molecule has 0 saturated heterocycles. The van der Waals surface area contributed by atoms with Crippen molar-refractivity contribution in [1.82, 2.24) is 0 Å². The number of ether oxygens (including phenoxy) is 2. The van der Waals surface area contributed by atoms with E-state index in [0.29, 0.717) is 10.6 Å². The second-order valence-electron chi connectivity index (χ2n) is 5.15. The molecule has 2 aromatic rings. The van der Waals surface area contributed by atoms with Crippen LogP contribution in [0.4, 0.5) is 11.4 Å². The van der Waals surface area contributed by atoms with Crippen molar-refractivity contribution in [3.63, 3.8) is 0 Å². The molecular formula is C18H15ClN2O6. The average Bonchev–Trinajstić information content (AvgIpc) is 2.65. The first-order valence-electron chi connectivity index (χ1n) is 7.62. The second kappa shape index (κ2) is 9.35. The van der Waals surface area contributed by atoms with Crippen LogP contribution in [0.15, 0.2) is 48.5 Å². The Kier molecular flexibility index (Phi) is 6.90. The Labute approximate surface area is 159 Å². The standard InChI is InChI=1S/C18H15ClN2O6/c1-26-13-7-8-15(16(10-13)21(24)25)20-17(22)11-27-18(23)9-6-12-4-2-3-5-14(12)19/h2-10H,11H2,1H3,(H,20,22)/b9-6+. The lowest BCUT2D eigenvalue weighted by Gasteiger charge is -2.07. The monoisotopic (exact) mass is 390 g/mol. The van der Waals surface area contributed by atoms with E-state index in [4.69, 9.17) is 21.1 Å². The van der Waals surface area contributed by atoms with Gasteiger partial charge in [-0.15, -0.1) is 0 Å². The van der Waals surface area contributed by atoms with Gasteiger partial charge < -0.3 is 14.8 Å². The Bertz CT molecular complexity index is 897. The van der Waals surface area contributed by atoms with Crippen LogP contribution in [-0.2, 0) is 14.3 Å². The first-order chi connectivity index (χ1) is 12.9. The maximum absolute atomic E-state index is 11.9. The number of nitrogens with zero attached hydrogens (tertiary/aromatic N) is 1. The fraction of sp³-hybridized carbons (Fsp3) is 0.111. The maximum atomic E-state index is 11.9. The van der Waals surface area contributed by atoms with Gasteiger partial charge in [0, 0.05) is 11.1 Å². The summed E-state index contributed by atoms with van der Waals surface area (Å²) in [5.41, 5.74) is 0.246. The van der Waals surface area contributed by atoms with Crippen LogP contribution in [0.2, 0.25) is 5.02 Å². The fourth-order valence-corrected chi connectivity index (χ4v) is 2.23. The number of benzene rings is 2. The van der Waals surface area contributed by atoms with Crippen molar-refractivity contribution in [2.75, 3.05) is 19.0 Å². The lowest BCUT2D eigenvalue weighted by atomic mass is 10.2. The van der Waals surface area contributed by atoms with Crippen molar-refractivity contribution in [1.29, 1.82) is 0 Å². The number of anilines is 1. The SMILES string of the molecule is COc1ccc(NC(=O)COC(=O)/C=C/c2ccccc2Cl)c([N+](=O)[O-])c1. The van der Waals surface area contributed by atoms with Crippen molar-refractivity contribution in [3.8, 4) is 5.75 Å². The van der Waals surface area contributed by atoms with Gasteiger partial charge in [-0.05, 0) is 29.8 Å². The topological polar surface area (TPSA) is 108 Å². The number of nitro benzene ring substituents is 1. The van der Waals surface area contributed by atoms with Crippen LogP contribution >= 0.6 is 11.6 Å². The average molecular weight is 391 g/mol. The molecule has 0 radical (unpaired) electrons. The predicted molar refractivity (Wildman–Crippen MR) is 99.7 cm³/mol. The van der Waals surface area contributed by atoms with E-state index in [0.717, 1.165) is 6.08 Å². The molecule has 0 spiro atoms. The summed E-state index contributed by atoms with van der Waals surface area (Å²) in [5.74, 6) is -1.20. The molecule has 0 saturated carbocycles. The summed E-state index contributed by atoms with van der Waals surface area (Å²) in [6.45, 7) is -0.602. The van der Waals surface area contributed by atoms with Gasteiger partial charge in [0.05, 0.1) is 18.1 Å². The Balaban J connectivity index is 1.94. The van der Waals surface area contributed by atoms with Gasteiger partial charge in [0.15, 0.2) is 6.61 Å². The number of halogens is 1. The quantitative estimate of drug-likeness (QED) is 0.336. The molecule has 0 aliphatic carbocycles. The zero-order valence-electron chi connectivity index (χ0n) is 14.2. The van der Waals surface area contributed by atoms with Gasteiger partial charge in [-0.25, -0.2) is 4.79 Å². The number of carbonyl (C=O) groups is 2. The normalized spacial score (nSPS) is 10.4. The highest BCUT2D eigenvalue weighted by Gasteiger charge is 2.17. The number of hydrogen-bond acceptors (Lipinski definition) is 6. The number of nitrogens with one attached hydrogen (secondary N) is 1. The van der Waals surface area contributed by atoms with Crippen molar-refractivity contribution in [2.45, 2.75) is 0 Å². The summed E-state index contributed by atoms with van der Waals surface area (Å²) in [6.07, 6.45) is 2.58. The molecule has 2 aromatic carbocycles. The zero-order valence-corrected chi connectivity index (χ0v) is 14.9. The third kappa shape index (κ3) is 5.82. The second-order valence-corrected chi connectivity index (χ2v) is 5.56. The molecule has 27 heavy (non-hydrogen) atoms. The molecule has 0 heterocycles. The van der Waals surface area contributed by atoms with E-state index < -0.39 is 23.4 Å². The zero-order chi connectivity index (χ0) is 19.8. The molecule has 0 aliphatic heterocycles. The van der Waals surface area contributed by atoms with Gasteiger partial charge in [-0.2, -0.15) is 0 Å². The molecule has 0 unspecified atom stereocenters. The van der Waals surface area contributed by atoms with Crippen LogP contribution in [0.3, 0.4) is 0 Å². The fourth-order valence-electron chi connectivity index (χ4n) is 2.03. The van der Waals surface area contributed by atoms with E-state index in [9.17, 15) is 19.7 Å². The first-order valence-corrected chi connectivity index (χ1v) is 8.00. The molecule has 0 aromatic heterocycles. The van der Waals surface area contributed by atoms with Gasteiger partial charge in [-0.3, -0.25) is 14.9 Å². The van der Waals surface area contributed by atoms with E-state index in [2.05, 4.69) is 5.32 Å². The molecule has 9 heteroatoms. The van der Waals surface area contributed by atoms with Gasteiger partial charge >= 0.3 is 5.97 Å². The van der Waals surface area contributed by atoms with E-state index in [1.165, 1.54) is 31.4 Å². The Morgan fingerprint density at radius 2 is 2.00 bits per heavy atom. The van der Waals surface area contributed by atoms with Crippen LogP contribution in [-0.4, -0.2) is 30.5 Å². The van der Waals surface area contributed by atoms with Gasteiger partial charge in [-0.1, -0.05) is 29.8 Å². The molecule has 0 aliphatic rings. The van der Waals surface area contributed by atoms with Crippen molar-refractivity contribution >= 4 is 40.9 Å². The molecule has 0 atom stereocenters. The third-order valence-electron chi connectivity index (χ3n) is 3.33. The van der Waals surface area contributed by atoms with Crippen LogP contribution in [0.5, 0.6) is 5.75 Å². The van der Waals surface area contributed by atoms with Gasteiger partial charge in [0.1, 0.15) is 11.4 Å². The summed E-state index contributed by atoms with van der Waals surface area (Å²) in [7, 11) is 1.37. The number of amides is 1. The minimum absolute atomic E-state index is 0.0338. The number of methoxy groups -OCH3 is 1. The van der Waals surface area contributed by atoms with E-state index in [-0.39, 0.29) is 17.1 Å². The summed E-state index contributed by atoms with van der Waals surface area (Å²) in [6, 6.07) is 10.8. The highest BCUT2D eigenvalue weighted by Crippen LogP contribution is 2.28. The number of nitro groups is 1. The van der Waals surface area contributed by atoms with Gasteiger partial charge in [0.2, 0.25) is 0 Å². The highest BCUT2D eigenvalue weighted by molar-refractivity contribution is 6.32. The van der Waals surface area contributed by atoms with Crippen LogP contribution in [0.1, 0.15) is 5.56 Å². The lowest BCUT2D eigenvalue weighted by Crippen LogP contribution is -2.20. The van der Waals surface area contributed by atoms with Crippen LogP contribution < -0.4 is 10.1 Å². The molecule has 0 bridgehead atoms. The molecule has 1 amide bonds. The van der Waals surface area contributed by atoms with E-state index in [1.54, 1.807) is 24.3 Å². The third-order valence-corrected chi connectivity index (χ3v) is 3.67.